The number of thiazole rings is 1. The molecule has 1 N–H and O–H groups in total. The molecule has 0 aliphatic heterocycles. The fraction of sp³-hybridized carbons (Fsp3) is 0.600. The van der Waals surface area contributed by atoms with Crippen LogP contribution in [0.5, 0.6) is 0 Å². The van der Waals surface area contributed by atoms with E-state index in [9.17, 15) is 9.00 Å². The van der Waals surface area contributed by atoms with Crippen LogP contribution >= 0.6 is 11.3 Å². The van der Waals surface area contributed by atoms with Crippen molar-refractivity contribution in [2.24, 2.45) is 0 Å². The zero-order valence-electron chi connectivity index (χ0n) is 9.89. The molecule has 1 aromatic rings. The lowest BCUT2D eigenvalue weighted by molar-refractivity contribution is -0.139. The Morgan fingerprint density at radius 1 is 1.65 bits per heavy atom. The number of aromatic nitrogens is 1. The smallest absolute Gasteiger partial charge is 0.311 e. The quantitative estimate of drug-likeness (QED) is 0.595. The van der Waals surface area contributed by atoms with Crippen LogP contribution in [0.4, 0.5) is 5.13 Å². The van der Waals surface area contributed by atoms with E-state index in [0.29, 0.717) is 11.4 Å². The van der Waals surface area contributed by atoms with Crippen LogP contribution in [-0.4, -0.2) is 40.8 Å². The van der Waals surface area contributed by atoms with Crippen LogP contribution in [0.2, 0.25) is 0 Å². The zero-order valence-corrected chi connectivity index (χ0v) is 11.5. The Morgan fingerprint density at radius 2 is 2.41 bits per heavy atom. The number of hydrogen-bond donors (Lipinski definition) is 1. The molecule has 1 unspecified atom stereocenters. The van der Waals surface area contributed by atoms with Crippen LogP contribution in [0.25, 0.3) is 0 Å². The van der Waals surface area contributed by atoms with E-state index in [1.54, 1.807) is 6.26 Å². The van der Waals surface area contributed by atoms with E-state index in [2.05, 4.69) is 15.0 Å². The first kappa shape index (κ1) is 14.1. The van der Waals surface area contributed by atoms with Crippen molar-refractivity contribution in [2.75, 3.05) is 31.0 Å². The van der Waals surface area contributed by atoms with Gasteiger partial charge in [0.05, 0.1) is 19.2 Å². The molecule has 0 aliphatic carbocycles. The topological polar surface area (TPSA) is 68.3 Å². The third-order valence-electron chi connectivity index (χ3n) is 1.99. The molecule has 0 saturated carbocycles. The van der Waals surface area contributed by atoms with E-state index in [-0.39, 0.29) is 12.4 Å². The molecule has 0 aromatic carbocycles. The number of hydrogen-bond acceptors (Lipinski definition) is 6. The summed E-state index contributed by atoms with van der Waals surface area (Å²) in [5.41, 5.74) is 0.711. The number of esters is 1. The monoisotopic (exact) mass is 276 g/mol. The van der Waals surface area contributed by atoms with Gasteiger partial charge in [-0.3, -0.25) is 9.00 Å². The van der Waals surface area contributed by atoms with Crippen molar-refractivity contribution in [2.45, 2.75) is 12.8 Å². The minimum Gasteiger partial charge on any atom is -0.469 e. The molecule has 0 saturated heterocycles. The van der Waals surface area contributed by atoms with E-state index in [4.69, 9.17) is 0 Å². The number of nitrogens with zero attached hydrogens (tertiary/aromatic N) is 1. The second-order valence-corrected chi connectivity index (χ2v) is 5.87. The Labute approximate surface area is 107 Å². The standard InChI is InChI=1S/C10H16N2O3S2/c1-15-9(13)6-8-7-16-10(12-8)11-4-3-5-17(2)14/h7H,3-6H2,1-2H3,(H,11,12). The number of nitrogens with one attached hydrogen (secondary N) is 1. The second-order valence-electron chi connectivity index (χ2n) is 3.45. The lowest BCUT2D eigenvalue weighted by atomic mass is 10.3. The van der Waals surface area contributed by atoms with E-state index < -0.39 is 10.8 Å². The van der Waals surface area contributed by atoms with Crippen LogP contribution in [0.3, 0.4) is 0 Å². The Hall–Kier alpha value is -0.950. The Morgan fingerprint density at radius 3 is 3.06 bits per heavy atom. The summed E-state index contributed by atoms with van der Waals surface area (Å²) in [6, 6.07) is 0. The van der Waals surface area contributed by atoms with Crippen molar-refractivity contribution in [3.05, 3.63) is 11.1 Å². The molecular weight excluding hydrogens is 260 g/mol. The van der Waals surface area contributed by atoms with E-state index in [0.717, 1.165) is 18.1 Å². The van der Waals surface area contributed by atoms with Gasteiger partial charge in [0.15, 0.2) is 5.13 Å². The van der Waals surface area contributed by atoms with Crippen LogP contribution in [0, 0.1) is 0 Å². The van der Waals surface area contributed by atoms with Crippen LogP contribution in [-0.2, 0) is 26.8 Å². The number of anilines is 1. The third-order valence-corrected chi connectivity index (χ3v) is 3.70. The van der Waals surface area contributed by atoms with Gasteiger partial charge in [0.1, 0.15) is 0 Å². The normalized spacial score (nSPS) is 12.1. The Balaban J connectivity index is 2.30. The summed E-state index contributed by atoms with van der Waals surface area (Å²) in [5.74, 6) is 0.399. The van der Waals surface area contributed by atoms with Crippen molar-refractivity contribution in [3.8, 4) is 0 Å². The predicted octanol–water partition coefficient (Wildman–Crippen LogP) is 1.04. The van der Waals surface area contributed by atoms with Gasteiger partial charge in [0.25, 0.3) is 0 Å². The highest BCUT2D eigenvalue weighted by molar-refractivity contribution is 7.84. The van der Waals surface area contributed by atoms with Gasteiger partial charge in [-0.15, -0.1) is 11.3 Å². The summed E-state index contributed by atoms with van der Waals surface area (Å²) < 4.78 is 15.4. The molecule has 1 heterocycles. The zero-order chi connectivity index (χ0) is 12.7. The lowest BCUT2D eigenvalue weighted by Crippen LogP contribution is -2.07. The van der Waals surface area contributed by atoms with Gasteiger partial charge in [-0.25, -0.2) is 4.98 Å². The van der Waals surface area contributed by atoms with Gasteiger partial charge in [-0.05, 0) is 6.42 Å². The molecule has 5 nitrogen and oxygen atoms in total. The lowest BCUT2D eigenvalue weighted by Gasteiger charge is -2.00. The molecule has 1 rings (SSSR count). The van der Waals surface area contributed by atoms with E-state index in [1.165, 1.54) is 18.4 Å². The van der Waals surface area contributed by atoms with Crippen LogP contribution < -0.4 is 5.32 Å². The molecule has 0 aliphatic rings. The number of carbonyl (C=O) groups excluding carboxylic acids is 1. The van der Waals surface area contributed by atoms with Gasteiger partial charge in [0.2, 0.25) is 0 Å². The van der Waals surface area contributed by atoms with Crippen LogP contribution in [0.1, 0.15) is 12.1 Å². The van der Waals surface area contributed by atoms with Crippen molar-refractivity contribution >= 4 is 33.2 Å². The maximum absolute atomic E-state index is 11.0. The van der Waals surface area contributed by atoms with Crippen LogP contribution in [0.15, 0.2) is 5.38 Å². The fourth-order valence-electron chi connectivity index (χ4n) is 1.16. The Bertz CT molecular complexity index is 393. The molecule has 0 amide bonds. The van der Waals surface area contributed by atoms with Gasteiger partial charge in [0, 0.05) is 34.7 Å². The van der Waals surface area contributed by atoms with Gasteiger partial charge in [-0.1, -0.05) is 0 Å². The molecule has 0 spiro atoms. The predicted molar refractivity (Wildman–Crippen MR) is 69.9 cm³/mol. The molecule has 1 atom stereocenters. The number of rotatable bonds is 7. The molecule has 0 fully saturated rings. The molecule has 0 bridgehead atoms. The summed E-state index contributed by atoms with van der Waals surface area (Å²) >= 11 is 1.45. The fourth-order valence-corrected chi connectivity index (χ4v) is 2.45. The largest absolute Gasteiger partial charge is 0.469 e. The minimum absolute atomic E-state index is 0.202. The van der Waals surface area contributed by atoms with Crippen molar-refractivity contribution in [1.82, 2.24) is 4.98 Å². The highest BCUT2D eigenvalue weighted by Crippen LogP contribution is 2.15. The second kappa shape index (κ2) is 7.39. The Kier molecular flexibility index (Phi) is 6.13. The summed E-state index contributed by atoms with van der Waals surface area (Å²) in [7, 11) is 0.614. The summed E-state index contributed by atoms with van der Waals surface area (Å²) in [6.07, 6.45) is 2.74. The number of carbonyl (C=O) groups is 1. The average molecular weight is 276 g/mol. The van der Waals surface area contributed by atoms with Gasteiger partial charge < -0.3 is 10.1 Å². The van der Waals surface area contributed by atoms with Crippen molar-refractivity contribution in [1.29, 1.82) is 0 Å². The van der Waals surface area contributed by atoms with Gasteiger partial charge >= 0.3 is 5.97 Å². The SMILES string of the molecule is COC(=O)Cc1csc(NCCCS(C)=O)n1. The first-order valence-corrected chi connectivity index (χ1v) is 7.77. The maximum Gasteiger partial charge on any atom is 0.311 e. The molecule has 96 valence electrons. The highest BCUT2D eigenvalue weighted by Gasteiger charge is 2.07. The van der Waals surface area contributed by atoms with E-state index >= 15 is 0 Å². The third kappa shape index (κ3) is 5.78. The molecule has 1 aromatic heterocycles. The minimum atomic E-state index is -0.745. The highest BCUT2D eigenvalue weighted by atomic mass is 32.2. The van der Waals surface area contributed by atoms with Gasteiger partial charge in [-0.2, -0.15) is 0 Å². The number of methoxy groups -OCH3 is 1. The summed E-state index contributed by atoms with van der Waals surface area (Å²) in [6.45, 7) is 0.741. The summed E-state index contributed by atoms with van der Waals surface area (Å²) in [4.78, 5) is 15.3. The van der Waals surface area contributed by atoms with E-state index in [1.807, 2.05) is 5.38 Å². The molecular formula is C10H16N2O3S2. The first-order chi connectivity index (χ1) is 8.11. The average Bonchev–Trinajstić information content (AvgIpc) is 2.72. The molecule has 0 radical (unpaired) electrons. The van der Waals surface area contributed by atoms with Crippen molar-refractivity contribution in [3.63, 3.8) is 0 Å². The van der Waals surface area contributed by atoms with Crippen molar-refractivity contribution < 1.29 is 13.7 Å². The first-order valence-electron chi connectivity index (χ1n) is 5.17. The molecule has 17 heavy (non-hydrogen) atoms. The summed E-state index contributed by atoms with van der Waals surface area (Å²) in [5, 5.41) is 5.75. The molecule has 7 heteroatoms. The number of ether oxygens (including phenoxy) is 1. The maximum atomic E-state index is 11.0.